The van der Waals surface area contributed by atoms with Crippen LogP contribution in [-0.4, -0.2) is 0 Å². The summed E-state index contributed by atoms with van der Waals surface area (Å²) in [5.41, 5.74) is 3.48. The van der Waals surface area contributed by atoms with E-state index in [4.69, 9.17) is 4.74 Å². The summed E-state index contributed by atoms with van der Waals surface area (Å²) in [6.07, 6.45) is 0. The average molecular weight is 386 g/mol. The van der Waals surface area contributed by atoms with Crippen molar-refractivity contribution < 1.29 is 4.74 Å². The molecule has 3 aromatic carbocycles. The molecule has 0 bridgehead atoms. The normalized spacial score (nSPS) is 10.3. The highest BCUT2D eigenvalue weighted by molar-refractivity contribution is 14.1. The van der Waals surface area contributed by atoms with E-state index in [1.807, 2.05) is 36.4 Å². The van der Waals surface area contributed by atoms with Gasteiger partial charge < -0.3 is 4.74 Å². The van der Waals surface area contributed by atoms with Crippen LogP contribution >= 0.6 is 22.6 Å². The van der Waals surface area contributed by atoms with Gasteiger partial charge in [-0.2, -0.15) is 0 Å². The maximum atomic E-state index is 6.02. The lowest BCUT2D eigenvalue weighted by molar-refractivity contribution is 0.307. The van der Waals surface area contributed by atoms with Crippen molar-refractivity contribution in [2.45, 2.75) is 6.61 Å². The third kappa shape index (κ3) is 3.64. The van der Waals surface area contributed by atoms with E-state index in [-0.39, 0.29) is 0 Å². The summed E-state index contributed by atoms with van der Waals surface area (Å²) >= 11 is 2.31. The molecule has 0 heterocycles. The van der Waals surface area contributed by atoms with Gasteiger partial charge in [-0.3, -0.25) is 0 Å². The molecule has 0 radical (unpaired) electrons. The molecule has 0 N–H and O–H groups in total. The molecule has 0 amide bonds. The van der Waals surface area contributed by atoms with Crippen molar-refractivity contribution in [1.82, 2.24) is 0 Å². The van der Waals surface area contributed by atoms with E-state index in [1.165, 1.54) is 14.7 Å². The molecular formula is C19H15IO. The molecule has 0 saturated carbocycles. The molecule has 0 aromatic heterocycles. The fourth-order valence-electron chi connectivity index (χ4n) is 2.19. The molecular weight excluding hydrogens is 371 g/mol. The van der Waals surface area contributed by atoms with Gasteiger partial charge in [0.1, 0.15) is 12.4 Å². The summed E-state index contributed by atoms with van der Waals surface area (Å²) in [5.74, 6) is 0.919. The van der Waals surface area contributed by atoms with Crippen molar-refractivity contribution >= 4 is 22.6 Å². The number of halogens is 1. The number of hydrogen-bond donors (Lipinski definition) is 0. The number of rotatable bonds is 4. The lowest BCUT2D eigenvalue weighted by Crippen LogP contribution is -1.97. The molecule has 3 aromatic rings. The summed E-state index contributed by atoms with van der Waals surface area (Å²) in [7, 11) is 0. The molecule has 0 aliphatic carbocycles. The van der Waals surface area contributed by atoms with Gasteiger partial charge in [0.15, 0.2) is 0 Å². The summed E-state index contributed by atoms with van der Waals surface area (Å²) in [5, 5.41) is 0. The van der Waals surface area contributed by atoms with Crippen molar-refractivity contribution in [2.75, 3.05) is 0 Å². The standard InChI is InChI=1S/C19H15IO/c20-17-12-10-15(11-13-17)14-21-19-9-5-4-8-18(19)16-6-2-1-3-7-16/h1-13H,14H2. The molecule has 21 heavy (non-hydrogen) atoms. The van der Waals surface area contributed by atoms with Crippen LogP contribution in [0.5, 0.6) is 5.75 Å². The number of benzene rings is 3. The zero-order valence-corrected chi connectivity index (χ0v) is 13.7. The molecule has 0 aliphatic heterocycles. The SMILES string of the molecule is Ic1ccc(COc2ccccc2-c2ccccc2)cc1. The summed E-state index contributed by atoms with van der Waals surface area (Å²) in [6.45, 7) is 0.584. The molecule has 2 heteroatoms. The first kappa shape index (κ1) is 14.1. The van der Waals surface area contributed by atoms with Gasteiger partial charge in [0.2, 0.25) is 0 Å². The van der Waals surface area contributed by atoms with Crippen LogP contribution < -0.4 is 4.74 Å². The van der Waals surface area contributed by atoms with Crippen LogP contribution in [0, 0.1) is 3.57 Å². The molecule has 0 aliphatic rings. The van der Waals surface area contributed by atoms with E-state index in [0.717, 1.165) is 11.3 Å². The van der Waals surface area contributed by atoms with E-state index in [0.29, 0.717) is 6.61 Å². The van der Waals surface area contributed by atoms with Crippen molar-refractivity contribution in [3.63, 3.8) is 0 Å². The fourth-order valence-corrected chi connectivity index (χ4v) is 2.55. The van der Waals surface area contributed by atoms with Gasteiger partial charge in [0, 0.05) is 9.13 Å². The molecule has 3 rings (SSSR count). The van der Waals surface area contributed by atoms with Crippen LogP contribution in [0.4, 0.5) is 0 Å². The van der Waals surface area contributed by atoms with Gasteiger partial charge in [-0.1, -0.05) is 60.7 Å². The molecule has 104 valence electrons. The van der Waals surface area contributed by atoms with E-state index in [1.54, 1.807) is 0 Å². The van der Waals surface area contributed by atoms with Crippen LogP contribution in [-0.2, 0) is 6.61 Å². The van der Waals surface area contributed by atoms with E-state index in [9.17, 15) is 0 Å². The van der Waals surface area contributed by atoms with Crippen molar-refractivity contribution in [3.05, 3.63) is 88.0 Å². The fraction of sp³-hybridized carbons (Fsp3) is 0.0526. The second kappa shape index (κ2) is 6.76. The first-order valence-electron chi connectivity index (χ1n) is 6.84. The van der Waals surface area contributed by atoms with Crippen molar-refractivity contribution in [3.8, 4) is 16.9 Å². The number of para-hydroxylation sites is 1. The van der Waals surface area contributed by atoms with Gasteiger partial charge in [-0.25, -0.2) is 0 Å². The summed E-state index contributed by atoms with van der Waals surface area (Å²) in [6, 6.07) is 26.9. The predicted octanol–water partition coefficient (Wildman–Crippen LogP) is 5.54. The highest BCUT2D eigenvalue weighted by atomic mass is 127. The second-order valence-corrected chi connectivity index (χ2v) is 6.02. The Kier molecular flexibility index (Phi) is 4.55. The average Bonchev–Trinajstić information content (AvgIpc) is 2.55. The Balaban J connectivity index is 1.81. The van der Waals surface area contributed by atoms with Crippen molar-refractivity contribution in [1.29, 1.82) is 0 Å². The monoisotopic (exact) mass is 386 g/mol. The topological polar surface area (TPSA) is 9.23 Å². The van der Waals surface area contributed by atoms with E-state index < -0.39 is 0 Å². The maximum absolute atomic E-state index is 6.02. The number of ether oxygens (including phenoxy) is 1. The minimum Gasteiger partial charge on any atom is -0.488 e. The van der Waals surface area contributed by atoms with Gasteiger partial charge in [0.25, 0.3) is 0 Å². The van der Waals surface area contributed by atoms with Crippen LogP contribution in [0.15, 0.2) is 78.9 Å². The Bertz CT molecular complexity index is 705. The lowest BCUT2D eigenvalue weighted by atomic mass is 10.1. The second-order valence-electron chi connectivity index (χ2n) is 4.78. The van der Waals surface area contributed by atoms with Crippen LogP contribution in [0.25, 0.3) is 11.1 Å². The molecule has 0 saturated heterocycles. The van der Waals surface area contributed by atoms with E-state index in [2.05, 4.69) is 65.1 Å². The highest BCUT2D eigenvalue weighted by Gasteiger charge is 2.05. The zero-order valence-electron chi connectivity index (χ0n) is 11.5. The third-order valence-electron chi connectivity index (χ3n) is 3.28. The van der Waals surface area contributed by atoms with Gasteiger partial charge >= 0.3 is 0 Å². The van der Waals surface area contributed by atoms with E-state index >= 15 is 0 Å². The minimum absolute atomic E-state index is 0.584. The van der Waals surface area contributed by atoms with Crippen LogP contribution in [0.3, 0.4) is 0 Å². The van der Waals surface area contributed by atoms with Crippen LogP contribution in [0.1, 0.15) is 5.56 Å². The molecule has 0 atom stereocenters. The quantitative estimate of drug-likeness (QED) is 0.536. The third-order valence-corrected chi connectivity index (χ3v) is 4.00. The van der Waals surface area contributed by atoms with Crippen molar-refractivity contribution in [2.24, 2.45) is 0 Å². The molecule has 0 unspecified atom stereocenters. The predicted molar refractivity (Wildman–Crippen MR) is 95.4 cm³/mol. The molecule has 0 spiro atoms. The number of hydrogen-bond acceptors (Lipinski definition) is 1. The zero-order chi connectivity index (χ0) is 14.5. The Labute approximate surface area is 138 Å². The van der Waals surface area contributed by atoms with Gasteiger partial charge in [-0.15, -0.1) is 0 Å². The molecule has 1 nitrogen and oxygen atoms in total. The Morgan fingerprint density at radius 2 is 1.38 bits per heavy atom. The Hall–Kier alpha value is -1.81. The smallest absolute Gasteiger partial charge is 0.127 e. The highest BCUT2D eigenvalue weighted by Crippen LogP contribution is 2.30. The van der Waals surface area contributed by atoms with Crippen LogP contribution in [0.2, 0.25) is 0 Å². The first-order valence-corrected chi connectivity index (χ1v) is 7.92. The lowest BCUT2D eigenvalue weighted by Gasteiger charge is -2.11. The van der Waals surface area contributed by atoms with Gasteiger partial charge in [-0.05, 0) is 51.9 Å². The Morgan fingerprint density at radius 1 is 0.714 bits per heavy atom. The minimum atomic E-state index is 0.584. The molecule has 0 fully saturated rings. The van der Waals surface area contributed by atoms with Gasteiger partial charge in [0.05, 0.1) is 0 Å². The summed E-state index contributed by atoms with van der Waals surface area (Å²) in [4.78, 5) is 0. The maximum Gasteiger partial charge on any atom is 0.127 e. The summed E-state index contributed by atoms with van der Waals surface area (Å²) < 4.78 is 7.25. The Morgan fingerprint density at radius 3 is 2.14 bits per heavy atom. The first-order chi connectivity index (χ1) is 10.3. The largest absolute Gasteiger partial charge is 0.488 e.